The summed E-state index contributed by atoms with van der Waals surface area (Å²) in [4.78, 5) is 17.9. The molecule has 25 heavy (non-hydrogen) atoms. The molecule has 0 saturated carbocycles. The third-order valence-corrected chi connectivity index (χ3v) is 5.01. The van der Waals surface area contributed by atoms with Crippen LogP contribution in [0.2, 0.25) is 0 Å². The molecule has 2 atom stereocenters. The molecule has 2 aliphatic rings. The van der Waals surface area contributed by atoms with Gasteiger partial charge in [-0.2, -0.15) is 10.5 Å². The minimum Gasteiger partial charge on any atom is -0.478 e. The molecule has 0 saturated heterocycles. The van der Waals surface area contributed by atoms with E-state index in [1.54, 1.807) is 24.5 Å². The molecule has 1 aliphatic carbocycles. The molecule has 7 heteroatoms. The first kappa shape index (κ1) is 16.7. The lowest BCUT2D eigenvalue weighted by Gasteiger charge is -2.45. The summed E-state index contributed by atoms with van der Waals surface area (Å²) in [6, 6.07) is 7.55. The normalized spacial score (nSPS) is 25.3. The Labute approximate surface area is 145 Å². The predicted molar refractivity (Wildman–Crippen MR) is 88.6 cm³/mol. The fourth-order valence-electron chi connectivity index (χ4n) is 3.88. The summed E-state index contributed by atoms with van der Waals surface area (Å²) in [5.74, 6) is -2.09. The van der Waals surface area contributed by atoms with Crippen LogP contribution in [0.25, 0.3) is 0 Å². The van der Waals surface area contributed by atoms with Crippen molar-refractivity contribution in [1.82, 2.24) is 9.88 Å². The average molecular weight is 335 g/mol. The van der Waals surface area contributed by atoms with Crippen LogP contribution < -0.4 is 5.73 Å². The number of nitriles is 2. The summed E-state index contributed by atoms with van der Waals surface area (Å²) in [7, 11) is 1.92. The maximum absolute atomic E-state index is 11.8. The number of aromatic nitrogens is 1. The van der Waals surface area contributed by atoms with Gasteiger partial charge in [-0.3, -0.25) is 4.98 Å². The number of allylic oxidation sites excluding steroid dienone is 1. The Morgan fingerprint density at radius 1 is 1.40 bits per heavy atom. The van der Waals surface area contributed by atoms with Crippen LogP contribution >= 0.6 is 0 Å². The van der Waals surface area contributed by atoms with E-state index in [1.807, 2.05) is 30.2 Å². The highest BCUT2D eigenvalue weighted by Gasteiger charge is 2.55. The number of carboxylic acid groups (broad SMARTS) is 1. The minimum atomic E-state index is -1.74. The van der Waals surface area contributed by atoms with Gasteiger partial charge < -0.3 is 15.7 Å². The third-order valence-electron chi connectivity index (χ3n) is 5.01. The van der Waals surface area contributed by atoms with E-state index in [0.29, 0.717) is 18.7 Å². The number of carboxylic acids is 1. The van der Waals surface area contributed by atoms with Gasteiger partial charge in [0.1, 0.15) is 0 Å². The number of likely N-dealkylation sites (N-methyl/N-ethyl adjacent to an activating group) is 1. The Hall–Kier alpha value is -3.16. The van der Waals surface area contributed by atoms with Crippen LogP contribution in [0.3, 0.4) is 0 Å². The molecule has 1 aliphatic heterocycles. The van der Waals surface area contributed by atoms with Crippen LogP contribution in [0.15, 0.2) is 47.4 Å². The molecule has 0 radical (unpaired) electrons. The van der Waals surface area contributed by atoms with Gasteiger partial charge in [0.25, 0.3) is 0 Å². The zero-order valence-electron chi connectivity index (χ0n) is 13.7. The highest BCUT2D eigenvalue weighted by molar-refractivity contribution is 5.94. The highest BCUT2D eigenvalue weighted by Crippen LogP contribution is 2.54. The van der Waals surface area contributed by atoms with Gasteiger partial charge in [-0.25, -0.2) is 4.79 Å². The van der Waals surface area contributed by atoms with Crippen LogP contribution in [0.4, 0.5) is 0 Å². The molecule has 0 bridgehead atoms. The highest BCUT2D eigenvalue weighted by atomic mass is 16.4. The largest absolute Gasteiger partial charge is 0.478 e. The number of carbonyl (C=O) groups is 1. The van der Waals surface area contributed by atoms with Crippen molar-refractivity contribution in [3.05, 3.63) is 53.0 Å². The van der Waals surface area contributed by atoms with Gasteiger partial charge in [-0.15, -0.1) is 0 Å². The lowest BCUT2D eigenvalue weighted by molar-refractivity contribution is -0.132. The maximum Gasteiger partial charge on any atom is 0.337 e. The SMILES string of the molecule is CN1CC=C2C(C(=O)O)=C(N)C(C#N)(C#N)[C@@H](c3ccncc3)[C@@H]2C1. The minimum absolute atomic E-state index is 0.105. The summed E-state index contributed by atoms with van der Waals surface area (Å²) >= 11 is 0. The zero-order chi connectivity index (χ0) is 18.2. The monoisotopic (exact) mass is 335 g/mol. The fraction of sp³-hybridized carbons (Fsp3) is 0.333. The molecular weight excluding hydrogens is 318 g/mol. The quantitative estimate of drug-likeness (QED) is 0.825. The van der Waals surface area contributed by atoms with Crippen LogP contribution in [-0.4, -0.2) is 41.1 Å². The van der Waals surface area contributed by atoms with E-state index in [4.69, 9.17) is 5.73 Å². The van der Waals surface area contributed by atoms with E-state index in [1.165, 1.54) is 0 Å². The molecular formula is C18H17N5O2. The van der Waals surface area contributed by atoms with Crippen molar-refractivity contribution in [3.63, 3.8) is 0 Å². The van der Waals surface area contributed by atoms with Crippen molar-refractivity contribution >= 4 is 5.97 Å². The summed E-state index contributed by atoms with van der Waals surface area (Å²) in [5, 5.41) is 29.4. The number of fused-ring (bicyclic) bond motifs is 1. The van der Waals surface area contributed by atoms with E-state index in [-0.39, 0.29) is 17.2 Å². The molecule has 0 fully saturated rings. The number of nitrogens with zero attached hydrogens (tertiary/aromatic N) is 4. The number of hydrogen-bond acceptors (Lipinski definition) is 6. The van der Waals surface area contributed by atoms with Gasteiger partial charge in [0.05, 0.1) is 23.4 Å². The molecule has 1 aromatic heterocycles. The van der Waals surface area contributed by atoms with Crippen molar-refractivity contribution in [2.45, 2.75) is 5.92 Å². The first-order chi connectivity index (χ1) is 12.0. The van der Waals surface area contributed by atoms with E-state index in [9.17, 15) is 20.4 Å². The van der Waals surface area contributed by atoms with E-state index >= 15 is 0 Å². The van der Waals surface area contributed by atoms with Gasteiger partial charge in [0, 0.05) is 37.3 Å². The van der Waals surface area contributed by atoms with Crippen LogP contribution in [0.5, 0.6) is 0 Å². The Morgan fingerprint density at radius 2 is 2.04 bits per heavy atom. The van der Waals surface area contributed by atoms with Crippen LogP contribution in [0, 0.1) is 34.0 Å². The second-order valence-corrected chi connectivity index (χ2v) is 6.37. The lowest BCUT2D eigenvalue weighted by Crippen LogP contribution is -2.48. The molecule has 0 unspecified atom stereocenters. The topological polar surface area (TPSA) is 127 Å². The second-order valence-electron chi connectivity index (χ2n) is 6.37. The van der Waals surface area contributed by atoms with Crippen molar-refractivity contribution in [1.29, 1.82) is 10.5 Å². The zero-order valence-corrected chi connectivity index (χ0v) is 13.7. The van der Waals surface area contributed by atoms with Gasteiger partial charge in [0.2, 0.25) is 0 Å². The molecule has 0 spiro atoms. The fourth-order valence-corrected chi connectivity index (χ4v) is 3.88. The van der Waals surface area contributed by atoms with E-state index in [2.05, 4.69) is 4.98 Å². The summed E-state index contributed by atoms with van der Waals surface area (Å²) in [5.41, 5.74) is 5.46. The van der Waals surface area contributed by atoms with Crippen molar-refractivity contribution in [2.24, 2.45) is 17.1 Å². The van der Waals surface area contributed by atoms with Gasteiger partial charge in [0.15, 0.2) is 5.41 Å². The molecule has 7 nitrogen and oxygen atoms in total. The number of hydrogen-bond donors (Lipinski definition) is 2. The van der Waals surface area contributed by atoms with Crippen LogP contribution in [0.1, 0.15) is 11.5 Å². The molecule has 0 aromatic carbocycles. The molecule has 126 valence electrons. The third kappa shape index (κ3) is 2.37. The average Bonchev–Trinajstić information content (AvgIpc) is 2.61. The molecule has 3 rings (SSSR count). The predicted octanol–water partition coefficient (Wildman–Crippen LogP) is 0.998. The van der Waals surface area contributed by atoms with Gasteiger partial charge in [-0.1, -0.05) is 6.08 Å². The van der Waals surface area contributed by atoms with Gasteiger partial charge >= 0.3 is 5.97 Å². The van der Waals surface area contributed by atoms with Gasteiger partial charge in [-0.05, 0) is 30.3 Å². The number of nitrogens with two attached hydrogens (primary N) is 1. The van der Waals surface area contributed by atoms with E-state index < -0.39 is 17.3 Å². The standard InChI is InChI=1S/C18H17N5O2/c1-23-7-4-12-13(8-23)15(11-2-5-22-6-3-11)18(9-19,10-20)16(21)14(12)17(24)25/h2-6,13,15H,7-8,21H2,1H3,(H,24,25)/t13-,15+/m1/s1. The summed E-state index contributed by atoms with van der Waals surface area (Å²) < 4.78 is 0. The number of rotatable bonds is 2. The summed E-state index contributed by atoms with van der Waals surface area (Å²) in [6.07, 6.45) is 5.02. The van der Waals surface area contributed by atoms with Crippen molar-refractivity contribution in [2.75, 3.05) is 20.1 Å². The van der Waals surface area contributed by atoms with Crippen LogP contribution in [-0.2, 0) is 4.79 Å². The number of aliphatic carboxylic acids is 1. The second kappa shape index (κ2) is 6.04. The number of pyridine rings is 1. The van der Waals surface area contributed by atoms with Crippen molar-refractivity contribution < 1.29 is 9.90 Å². The molecule has 1 aromatic rings. The first-order valence-electron chi connectivity index (χ1n) is 7.81. The van der Waals surface area contributed by atoms with E-state index in [0.717, 1.165) is 5.56 Å². The molecule has 3 N–H and O–H groups in total. The first-order valence-corrected chi connectivity index (χ1v) is 7.81. The smallest absolute Gasteiger partial charge is 0.337 e. The maximum atomic E-state index is 11.8. The summed E-state index contributed by atoms with van der Waals surface area (Å²) in [6.45, 7) is 1.12. The Balaban J connectivity index is 2.35. The molecule has 2 heterocycles. The molecule has 0 amide bonds. The Morgan fingerprint density at radius 3 is 2.60 bits per heavy atom. The Kier molecular flexibility index (Phi) is 4.03. The Bertz CT molecular complexity index is 846. The van der Waals surface area contributed by atoms with Crippen molar-refractivity contribution in [3.8, 4) is 12.1 Å². The lowest BCUT2D eigenvalue weighted by atomic mass is 9.58.